The summed E-state index contributed by atoms with van der Waals surface area (Å²) in [6.45, 7) is 0. The highest BCUT2D eigenvalue weighted by atomic mass is 79.9. The van der Waals surface area contributed by atoms with Crippen molar-refractivity contribution in [2.45, 2.75) is 5.38 Å². The summed E-state index contributed by atoms with van der Waals surface area (Å²) >= 11 is 22.2. The normalized spacial score (nSPS) is 12.3. The predicted octanol–water partition coefficient (Wildman–Crippen LogP) is 6.09. The SMILES string of the molecule is COc1ccc(Br)cc1C(Cl)c1cccc(Cl)c1Cl. The Balaban J connectivity index is 2.52. The summed E-state index contributed by atoms with van der Waals surface area (Å²) in [6, 6.07) is 11.1. The Labute approximate surface area is 135 Å². The van der Waals surface area contributed by atoms with E-state index in [0.29, 0.717) is 15.8 Å². The Hall–Kier alpha value is -0.410. The molecule has 100 valence electrons. The van der Waals surface area contributed by atoms with Crippen LogP contribution in [-0.4, -0.2) is 7.11 Å². The van der Waals surface area contributed by atoms with Crippen molar-refractivity contribution in [2.24, 2.45) is 0 Å². The molecular formula is C14H10BrCl3O. The highest BCUT2D eigenvalue weighted by Crippen LogP contribution is 2.41. The van der Waals surface area contributed by atoms with Crippen molar-refractivity contribution in [3.05, 3.63) is 62.0 Å². The van der Waals surface area contributed by atoms with E-state index in [2.05, 4.69) is 15.9 Å². The largest absolute Gasteiger partial charge is 0.496 e. The number of halogens is 4. The zero-order chi connectivity index (χ0) is 14.0. The number of hydrogen-bond donors (Lipinski definition) is 0. The summed E-state index contributed by atoms with van der Waals surface area (Å²) in [4.78, 5) is 0. The zero-order valence-electron chi connectivity index (χ0n) is 9.96. The van der Waals surface area contributed by atoms with Crippen molar-refractivity contribution in [3.63, 3.8) is 0 Å². The van der Waals surface area contributed by atoms with Gasteiger partial charge in [-0.05, 0) is 29.8 Å². The van der Waals surface area contributed by atoms with Gasteiger partial charge in [0.2, 0.25) is 0 Å². The second-order valence-corrected chi connectivity index (χ2v) is 6.03. The van der Waals surface area contributed by atoms with Crippen LogP contribution in [0.1, 0.15) is 16.5 Å². The molecule has 0 aliphatic rings. The summed E-state index contributed by atoms with van der Waals surface area (Å²) in [5, 5.41) is 0.517. The monoisotopic (exact) mass is 378 g/mol. The summed E-state index contributed by atoms with van der Waals surface area (Å²) in [5.74, 6) is 0.708. The van der Waals surface area contributed by atoms with Gasteiger partial charge in [0, 0.05) is 10.0 Å². The Kier molecular flexibility index (Phi) is 5.02. The summed E-state index contributed by atoms with van der Waals surface area (Å²) in [6.07, 6.45) is 0. The first-order chi connectivity index (χ1) is 9.04. The minimum atomic E-state index is -0.432. The van der Waals surface area contributed by atoms with Gasteiger partial charge in [-0.25, -0.2) is 0 Å². The van der Waals surface area contributed by atoms with Crippen LogP contribution in [0.4, 0.5) is 0 Å². The van der Waals surface area contributed by atoms with Crippen molar-refractivity contribution in [1.82, 2.24) is 0 Å². The third kappa shape index (κ3) is 3.19. The maximum absolute atomic E-state index is 6.52. The molecule has 1 unspecified atom stereocenters. The average molecular weight is 380 g/mol. The summed E-state index contributed by atoms with van der Waals surface area (Å²) < 4.78 is 6.25. The fourth-order valence-corrected chi connectivity index (χ4v) is 2.99. The van der Waals surface area contributed by atoms with E-state index in [1.165, 1.54) is 0 Å². The van der Waals surface area contributed by atoms with Gasteiger partial charge in [-0.15, -0.1) is 11.6 Å². The molecule has 0 saturated heterocycles. The predicted molar refractivity (Wildman–Crippen MR) is 84.9 cm³/mol. The van der Waals surface area contributed by atoms with E-state index in [1.807, 2.05) is 30.3 Å². The molecule has 5 heteroatoms. The van der Waals surface area contributed by atoms with E-state index in [-0.39, 0.29) is 0 Å². The molecule has 0 aromatic heterocycles. The maximum atomic E-state index is 6.52. The van der Waals surface area contributed by atoms with Crippen LogP contribution in [0, 0.1) is 0 Å². The molecule has 0 aliphatic heterocycles. The lowest BCUT2D eigenvalue weighted by molar-refractivity contribution is 0.410. The Bertz CT molecular complexity index is 601. The minimum absolute atomic E-state index is 0.432. The van der Waals surface area contributed by atoms with Gasteiger partial charge in [-0.1, -0.05) is 51.3 Å². The van der Waals surface area contributed by atoms with Gasteiger partial charge >= 0.3 is 0 Å². The maximum Gasteiger partial charge on any atom is 0.123 e. The second-order valence-electron chi connectivity index (χ2n) is 3.89. The van der Waals surface area contributed by atoms with Crippen LogP contribution in [-0.2, 0) is 0 Å². The van der Waals surface area contributed by atoms with Crippen LogP contribution in [0.2, 0.25) is 10.0 Å². The van der Waals surface area contributed by atoms with Gasteiger partial charge in [0.05, 0.1) is 22.5 Å². The van der Waals surface area contributed by atoms with Gasteiger partial charge < -0.3 is 4.74 Å². The highest BCUT2D eigenvalue weighted by Gasteiger charge is 2.19. The lowest BCUT2D eigenvalue weighted by atomic mass is 10.0. The molecule has 0 radical (unpaired) electrons. The van der Waals surface area contributed by atoms with Crippen LogP contribution >= 0.6 is 50.7 Å². The van der Waals surface area contributed by atoms with E-state index in [1.54, 1.807) is 13.2 Å². The smallest absolute Gasteiger partial charge is 0.123 e. The van der Waals surface area contributed by atoms with Gasteiger partial charge in [-0.3, -0.25) is 0 Å². The van der Waals surface area contributed by atoms with E-state index in [4.69, 9.17) is 39.5 Å². The van der Waals surface area contributed by atoms with Crippen LogP contribution in [0.25, 0.3) is 0 Å². The average Bonchev–Trinajstić information content (AvgIpc) is 2.41. The van der Waals surface area contributed by atoms with Crippen molar-refractivity contribution in [1.29, 1.82) is 0 Å². The lowest BCUT2D eigenvalue weighted by Gasteiger charge is -2.16. The Morgan fingerprint density at radius 2 is 1.84 bits per heavy atom. The number of methoxy groups -OCH3 is 1. The molecule has 0 saturated carbocycles. The van der Waals surface area contributed by atoms with Crippen LogP contribution in [0.15, 0.2) is 40.9 Å². The highest BCUT2D eigenvalue weighted by molar-refractivity contribution is 9.10. The summed E-state index contributed by atoms with van der Waals surface area (Å²) in [5.41, 5.74) is 1.59. The molecule has 1 atom stereocenters. The molecule has 2 rings (SSSR count). The molecule has 0 amide bonds. The first kappa shape index (κ1) is 15.0. The van der Waals surface area contributed by atoms with Crippen molar-refractivity contribution in [3.8, 4) is 5.75 Å². The minimum Gasteiger partial charge on any atom is -0.496 e. The lowest BCUT2D eigenvalue weighted by Crippen LogP contribution is -1.98. The molecule has 0 fully saturated rings. The summed E-state index contributed by atoms with van der Waals surface area (Å²) in [7, 11) is 1.61. The molecule has 2 aromatic carbocycles. The van der Waals surface area contributed by atoms with Gasteiger partial charge in [0.1, 0.15) is 5.75 Å². The third-order valence-electron chi connectivity index (χ3n) is 2.72. The molecule has 0 aliphatic carbocycles. The molecule has 0 N–H and O–H groups in total. The van der Waals surface area contributed by atoms with Crippen LogP contribution in [0.3, 0.4) is 0 Å². The van der Waals surface area contributed by atoms with Crippen molar-refractivity contribution < 1.29 is 4.74 Å². The van der Waals surface area contributed by atoms with Gasteiger partial charge in [0.15, 0.2) is 0 Å². The van der Waals surface area contributed by atoms with Gasteiger partial charge in [0.25, 0.3) is 0 Å². The molecule has 0 bridgehead atoms. The Morgan fingerprint density at radius 3 is 2.53 bits per heavy atom. The number of benzene rings is 2. The Morgan fingerprint density at radius 1 is 1.11 bits per heavy atom. The molecular weight excluding hydrogens is 370 g/mol. The van der Waals surface area contributed by atoms with Crippen LogP contribution < -0.4 is 4.74 Å². The fourth-order valence-electron chi connectivity index (χ4n) is 1.79. The third-order valence-corrected chi connectivity index (χ3v) is 4.52. The number of alkyl halides is 1. The number of ether oxygens (including phenoxy) is 1. The standard InChI is InChI=1S/C14H10BrCl3O/c1-19-12-6-5-8(15)7-10(12)13(17)9-3-2-4-11(16)14(9)18/h2-7,13H,1H3. The second kappa shape index (κ2) is 6.36. The molecule has 0 spiro atoms. The van der Waals surface area contributed by atoms with E-state index < -0.39 is 5.38 Å². The molecule has 0 heterocycles. The topological polar surface area (TPSA) is 9.23 Å². The number of hydrogen-bond acceptors (Lipinski definition) is 1. The van der Waals surface area contributed by atoms with Crippen molar-refractivity contribution >= 4 is 50.7 Å². The van der Waals surface area contributed by atoms with Crippen LogP contribution in [0.5, 0.6) is 5.75 Å². The molecule has 19 heavy (non-hydrogen) atoms. The quantitative estimate of drug-likeness (QED) is 0.585. The number of rotatable bonds is 3. The van der Waals surface area contributed by atoms with Crippen molar-refractivity contribution in [2.75, 3.05) is 7.11 Å². The molecule has 2 aromatic rings. The van der Waals surface area contributed by atoms with Gasteiger partial charge in [-0.2, -0.15) is 0 Å². The molecule has 1 nitrogen and oxygen atoms in total. The zero-order valence-corrected chi connectivity index (χ0v) is 13.8. The first-order valence-electron chi connectivity index (χ1n) is 5.46. The fraction of sp³-hybridized carbons (Fsp3) is 0.143. The van der Waals surface area contributed by atoms with E-state index in [0.717, 1.165) is 15.6 Å². The van der Waals surface area contributed by atoms with E-state index >= 15 is 0 Å². The van der Waals surface area contributed by atoms with E-state index in [9.17, 15) is 0 Å². The first-order valence-corrected chi connectivity index (χ1v) is 7.44.